The van der Waals surface area contributed by atoms with Gasteiger partial charge in [-0.05, 0) is 42.3 Å². The molecular weight excluding hydrogens is 455 g/mol. The smallest absolute Gasteiger partial charge is 0.257 e. The maximum Gasteiger partial charge on any atom is 0.257 e. The summed E-state index contributed by atoms with van der Waals surface area (Å²) < 4.78 is 19.6. The van der Waals surface area contributed by atoms with Crippen molar-refractivity contribution in [3.05, 3.63) is 95.3 Å². The Hall–Kier alpha value is -3.71. The molecule has 1 amide bonds. The molecule has 7 heteroatoms. The predicted molar refractivity (Wildman–Crippen MR) is 140 cm³/mol. The van der Waals surface area contributed by atoms with Gasteiger partial charge in [0.15, 0.2) is 0 Å². The molecule has 0 aliphatic carbocycles. The van der Waals surface area contributed by atoms with Crippen molar-refractivity contribution in [2.75, 3.05) is 44.7 Å². The molecule has 2 aliphatic rings. The van der Waals surface area contributed by atoms with Gasteiger partial charge in [-0.3, -0.25) is 9.69 Å². The molecule has 36 heavy (non-hydrogen) atoms. The quantitative estimate of drug-likeness (QED) is 0.509. The molecule has 1 unspecified atom stereocenters. The molecule has 3 aromatic carbocycles. The van der Waals surface area contributed by atoms with Crippen molar-refractivity contribution in [3.63, 3.8) is 0 Å². The first-order valence-electron chi connectivity index (χ1n) is 12.3. The van der Waals surface area contributed by atoms with Gasteiger partial charge in [-0.1, -0.05) is 54.1 Å². The van der Waals surface area contributed by atoms with Crippen LogP contribution in [0.2, 0.25) is 0 Å². The van der Waals surface area contributed by atoms with Gasteiger partial charge in [0.2, 0.25) is 0 Å². The first-order chi connectivity index (χ1) is 17.5. The number of methoxy groups -OCH3 is 1. The summed E-state index contributed by atoms with van der Waals surface area (Å²) in [6.07, 6.45) is 0.642. The predicted octanol–water partition coefficient (Wildman–Crippen LogP) is 4.64. The molecule has 0 aromatic heterocycles. The largest absolute Gasteiger partial charge is 0.497 e. The van der Waals surface area contributed by atoms with Gasteiger partial charge in [-0.2, -0.15) is 5.10 Å². The summed E-state index contributed by atoms with van der Waals surface area (Å²) in [5.41, 5.74) is 4.72. The number of hydrogen-bond acceptors (Lipinski definition) is 5. The number of piperazine rings is 1. The molecule has 0 spiro atoms. The molecule has 6 nitrogen and oxygen atoms in total. The van der Waals surface area contributed by atoms with E-state index < -0.39 is 0 Å². The Morgan fingerprint density at radius 1 is 1.00 bits per heavy atom. The van der Waals surface area contributed by atoms with Crippen LogP contribution in [0.4, 0.5) is 10.1 Å². The lowest BCUT2D eigenvalue weighted by molar-refractivity contribution is -0.134. The minimum absolute atomic E-state index is 0.0372. The summed E-state index contributed by atoms with van der Waals surface area (Å²) in [4.78, 5) is 17.7. The van der Waals surface area contributed by atoms with E-state index in [0.29, 0.717) is 38.3 Å². The number of aryl methyl sites for hydroxylation is 1. The highest BCUT2D eigenvalue weighted by molar-refractivity contribution is 6.03. The van der Waals surface area contributed by atoms with Gasteiger partial charge < -0.3 is 9.64 Å². The minimum atomic E-state index is -0.210. The third-order valence-electron chi connectivity index (χ3n) is 6.92. The van der Waals surface area contributed by atoms with Gasteiger partial charge in [-0.15, -0.1) is 0 Å². The number of ether oxygens (including phenoxy) is 1. The van der Waals surface area contributed by atoms with Crippen LogP contribution in [0.1, 0.15) is 29.2 Å². The fourth-order valence-electron chi connectivity index (χ4n) is 4.97. The van der Waals surface area contributed by atoms with Gasteiger partial charge in [0.05, 0.1) is 31.1 Å². The Bertz CT molecular complexity index is 1270. The van der Waals surface area contributed by atoms with Crippen molar-refractivity contribution in [3.8, 4) is 5.75 Å². The number of amides is 1. The number of halogens is 1. The normalized spacial score (nSPS) is 18.3. The molecule has 186 valence electrons. The molecule has 0 saturated carbocycles. The minimum Gasteiger partial charge on any atom is -0.497 e. The first kappa shape index (κ1) is 24.0. The third kappa shape index (κ3) is 5.11. The van der Waals surface area contributed by atoms with Gasteiger partial charge in [-0.25, -0.2) is 9.40 Å². The Morgan fingerprint density at radius 2 is 1.78 bits per heavy atom. The number of carbonyl (C=O) groups is 1. The molecule has 2 aliphatic heterocycles. The first-order valence-corrected chi connectivity index (χ1v) is 12.3. The third-order valence-corrected chi connectivity index (χ3v) is 6.92. The number of rotatable bonds is 6. The second-order valence-electron chi connectivity index (χ2n) is 9.37. The van der Waals surface area contributed by atoms with Gasteiger partial charge >= 0.3 is 0 Å². The summed E-state index contributed by atoms with van der Waals surface area (Å²) >= 11 is 0. The number of anilines is 1. The monoisotopic (exact) mass is 486 g/mol. The van der Waals surface area contributed by atoms with Crippen LogP contribution in [-0.2, 0) is 4.79 Å². The van der Waals surface area contributed by atoms with Crippen LogP contribution in [0.15, 0.2) is 77.9 Å². The van der Waals surface area contributed by atoms with E-state index in [1.165, 1.54) is 6.07 Å². The van der Waals surface area contributed by atoms with Crippen molar-refractivity contribution >= 4 is 17.3 Å². The number of nitrogens with zero attached hydrogens (tertiary/aromatic N) is 4. The van der Waals surface area contributed by atoms with E-state index in [1.54, 1.807) is 24.3 Å². The number of benzene rings is 3. The molecule has 2 heterocycles. The summed E-state index contributed by atoms with van der Waals surface area (Å²) in [5.74, 6) is 0.510. The van der Waals surface area contributed by atoms with Crippen molar-refractivity contribution in [1.29, 1.82) is 0 Å². The van der Waals surface area contributed by atoms with Crippen LogP contribution in [-0.4, -0.2) is 61.4 Å². The van der Waals surface area contributed by atoms with Crippen molar-refractivity contribution in [1.82, 2.24) is 9.91 Å². The topological polar surface area (TPSA) is 48.4 Å². The summed E-state index contributed by atoms with van der Waals surface area (Å²) in [6, 6.07) is 22.7. The Balaban J connectivity index is 1.32. The van der Waals surface area contributed by atoms with E-state index in [1.807, 2.05) is 47.4 Å². The van der Waals surface area contributed by atoms with Crippen LogP contribution >= 0.6 is 0 Å². The number of hydrazone groups is 1. The van der Waals surface area contributed by atoms with Crippen LogP contribution in [0.3, 0.4) is 0 Å². The molecule has 0 N–H and O–H groups in total. The number of hydrogen-bond donors (Lipinski definition) is 0. The van der Waals surface area contributed by atoms with Crippen LogP contribution < -0.4 is 9.64 Å². The van der Waals surface area contributed by atoms with Crippen LogP contribution in [0, 0.1) is 12.7 Å². The highest BCUT2D eigenvalue weighted by atomic mass is 19.1. The van der Waals surface area contributed by atoms with E-state index >= 15 is 0 Å². The lowest BCUT2D eigenvalue weighted by atomic mass is 9.97. The van der Waals surface area contributed by atoms with Crippen LogP contribution in [0.25, 0.3) is 0 Å². The average molecular weight is 487 g/mol. The van der Waals surface area contributed by atoms with Gasteiger partial charge in [0.1, 0.15) is 11.6 Å². The van der Waals surface area contributed by atoms with Gasteiger partial charge in [0.25, 0.3) is 5.91 Å². The zero-order valence-corrected chi connectivity index (χ0v) is 20.7. The maximum absolute atomic E-state index is 14.2. The SMILES string of the molecule is COc1cccc(C2CC(c3cccc(C)c3)=NN2C(=O)CN2CCN(c3ccccc3F)CC2)c1. The van der Waals surface area contributed by atoms with Crippen molar-refractivity contribution < 1.29 is 13.9 Å². The Kier molecular flexibility index (Phi) is 7.00. The molecule has 0 bridgehead atoms. The molecule has 1 saturated heterocycles. The average Bonchev–Trinajstić information content (AvgIpc) is 3.36. The highest BCUT2D eigenvalue weighted by Crippen LogP contribution is 2.34. The summed E-state index contributed by atoms with van der Waals surface area (Å²) in [6.45, 7) is 5.05. The van der Waals surface area contributed by atoms with E-state index in [-0.39, 0.29) is 24.3 Å². The number of para-hydroxylation sites is 1. The second kappa shape index (κ2) is 10.5. The summed E-state index contributed by atoms with van der Waals surface area (Å²) in [7, 11) is 1.65. The lowest BCUT2D eigenvalue weighted by Crippen LogP contribution is -2.49. The molecule has 0 radical (unpaired) electrons. The second-order valence-corrected chi connectivity index (χ2v) is 9.37. The maximum atomic E-state index is 14.2. The van der Waals surface area contributed by atoms with E-state index in [9.17, 15) is 9.18 Å². The fourth-order valence-corrected chi connectivity index (χ4v) is 4.97. The molecule has 3 aromatic rings. The molecule has 5 rings (SSSR count). The molecular formula is C29H31FN4O2. The fraction of sp³-hybridized carbons (Fsp3) is 0.310. The van der Waals surface area contributed by atoms with E-state index in [0.717, 1.165) is 28.2 Å². The summed E-state index contributed by atoms with van der Waals surface area (Å²) in [5, 5.41) is 6.47. The van der Waals surface area contributed by atoms with Crippen LogP contribution in [0.5, 0.6) is 5.75 Å². The zero-order valence-electron chi connectivity index (χ0n) is 20.7. The van der Waals surface area contributed by atoms with E-state index in [2.05, 4.69) is 24.0 Å². The van der Waals surface area contributed by atoms with Gasteiger partial charge in [0, 0.05) is 32.6 Å². The number of carbonyl (C=O) groups excluding carboxylic acids is 1. The Morgan fingerprint density at radius 3 is 2.53 bits per heavy atom. The highest BCUT2D eigenvalue weighted by Gasteiger charge is 2.34. The van der Waals surface area contributed by atoms with Crippen molar-refractivity contribution in [2.24, 2.45) is 5.10 Å². The molecule has 1 atom stereocenters. The van der Waals surface area contributed by atoms with E-state index in [4.69, 9.17) is 9.84 Å². The lowest BCUT2D eigenvalue weighted by Gasteiger charge is -2.36. The Labute approximate surface area is 211 Å². The zero-order chi connectivity index (χ0) is 25.1. The van der Waals surface area contributed by atoms with Crippen molar-refractivity contribution in [2.45, 2.75) is 19.4 Å². The standard InChI is InChI=1S/C29H31FN4O2/c1-21-7-5-8-22(17-21)26-19-28(23-9-6-10-24(18-23)36-2)34(31-26)29(35)20-32-13-15-33(16-14-32)27-12-4-3-11-25(27)30/h3-12,17-18,28H,13-16,19-20H2,1-2H3. The molecule has 1 fully saturated rings.